The van der Waals surface area contributed by atoms with Gasteiger partial charge >= 0.3 is 6.03 Å². The molecule has 0 saturated heterocycles. The van der Waals surface area contributed by atoms with Crippen LogP contribution in [0.1, 0.15) is 5.69 Å². The highest BCUT2D eigenvalue weighted by Crippen LogP contribution is 2.31. The number of nitrogens with one attached hydrogen (secondary N) is 2. The molecule has 0 unspecified atom stereocenters. The van der Waals surface area contributed by atoms with Crippen LogP contribution in [-0.4, -0.2) is 20.8 Å². The van der Waals surface area contributed by atoms with Crippen molar-refractivity contribution in [3.8, 4) is 0 Å². The Hall–Kier alpha value is -2.31. The van der Waals surface area contributed by atoms with Gasteiger partial charge in [0.25, 0.3) is 0 Å². The van der Waals surface area contributed by atoms with E-state index in [1.807, 2.05) is 6.92 Å². The van der Waals surface area contributed by atoms with Crippen LogP contribution in [0.5, 0.6) is 0 Å². The van der Waals surface area contributed by atoms with E-state index in [2.05, 4.69) is 20.7 Å². The Balaban J connectivity index is 1.87. The van der Waals surface area contributed by atoms with E-state index in [0.717, 1.165) is 5.69 Å². The average molecular weight is 350 g/mol. The van der Waals surface area contributed by atoms with Crippen molar-refractivity contribution in [1.29, 1.82) is 0 Å². The van der Waals surface area contributed by atoms with Crippen molar-refractivity contribution in [3.63, 3.8) is 0 Å². The molecule has 23 heavy (non-hydrogen) atoms. The molecule has 1 aromatic carbocycles. The second-order valence-electron chi connectivity index (χ2n) is 4.95. The third-order valence-electron chi connectivity index (χ3n) is 3.33. The Morgan fingerprint density at radius 1 is 1.17 bits per heavy atom. The third kappa shape index (κ3) is 2.95. The number of urea groups is 1. The van der Waals surface area contributed by atoms with E-state index < -0.39 is 6.03 Å². The smallest absolute Gasteiger partial charge is 0.306 e. The molecule has 2 aromatic heterocycles. The van der Waals surface area contributed by atoms with Gasteiger partial charge < -0.3 is 10.6 Å². The predicted molar refractivity (Wildman–Crippen MR) is 92.3 cm³/mol. The first-order chi connectivity index (χ1) is 11.0. The van der Waals surface area contributed by atoms with Gasteiger partial charge in [-0.25, -0.2) is 9.78 Å². The molecule has 0 atom stereocenters. The maximum absolute atomic E-state index is 12.1. The van der Waals surface area contributed by atoms with E-state index in [-0.39, 0.29) is 0 Å². The number of rotatable bonds is 2. The van der Waals surface area contributed by atoms with Crippen molar-refractivity contribution in [1.82, 2.24) is 14.8 Å². The Kier molecular flexibility index (Phi) is 4.11. The lowest BCUT2D eigenvalue weighted by atomic mass is 10.2. The second kappa shape index (κ2) is 6.06. The van der Waals surface area contributed by atoms with Crippen LogP contribution in [0.4, 0.5) is 16.2 Å². The summed E-state index contributed by atoms with van der Waals surface area (Å²) in [6.45, 7) is 1.84. The van der Waals surface area contributed by atoms with Crippen molar-refractivity contribution >= 4 is 51.6 Å². The molecule has 3 rings (SSSR count). The van der Waals surface area contributed by atoms with Gasteiger partial charge in [0.2, 0.25) is 0 Å². The third-order valence-corrected chi connectivity index (χ3v) is 4.06. The summed E-state index contributed by atoms with van der Waals surface area (Å²) in [7, 11) is 1.79. The van der Waals surface area contributed by atoms with E-state index in [1.165, 1.54) is 6.20 Å². The van der Waals surface area contributed by atoms with Crippen LogP contribution >= 0.6 is 23.2 Å². The van der Waals surface area contributed by atoms with Crippen molar-refractivity contribution in [2.45, 2.75) is 6.92 Å². The van der Waals surface area contributed by atoms with E-state index in [9.17, 15) is 4.79 Å². The Morgan fingerprint density at radius 2 is 1.87 bits per heavy atom. The van der Waals surface area contributed by atoms with Crippen molar-refractivity contribution < 1.29 is 4.79 Å². The highest BCUT2D eigenvalue weighted by atomic mass is 35.5. The van der Waals surface area contributed by atoms with Crippen LogP contribution in [0.2, 0.25) is 10.0 Å². The van der Waals surface area contributed by atoms with E-state index in [4.69, 9.17) is 23.2 Å². The molecule has 0 bridgehead atoms. The number of anilines is 2. The normalized spacial score (nSPS) is 10.8. The molecule has 2 N–H and O–H groups in total. The van der Waals surface area contributed by atoms with Crippen molar-refractivity contribution in [2.24, 2.45) is 7.05 Å². The average Bonchev–Trinajstić information content (AvgIpc) is 2.79. The molecule has 2 heterocycles. The predicted octanol–water partition coefficient (Wildman–Crippen LogP) is 4.23. The molecule has 3 aromatic rings. The number of aromatic nitrogens is 3. The zero-order chi connectivity index (χ0) is 16.6. The number of benzene rings is 1. The molecule has 6 nitrogen and oxygen atoms in total. The number of hydrogen-bond acceptors (Lipinski definition) is 3. The first-order valence-corrected chi connectivity index (χ1v) is 7.53. The number of nitrogens with zero attached hydrogens (tertiary/aromatic N) is 3. The quantitative estimate of drug-likeness (QED) is 0.727. The van der Waals surface area contributed by atoms with Gasteiger partial charge in [0.15, 0.2) is 5.65 Å². The van der Waals surface area contributed by atoms with Crippen LogP contribution < -0.4 is 10.6 Å². The van der Waals surface area contributed by atoms with Crippen LogP contribution in [0.25, 0.3) is 11.0 Å². The summed E-state index contributed by atoms with van der Waals surface area (Å²) < 4.78 is 1.64. The molecule has 118 valence electrons. The second-order valence-corrected chi connectivity index (χ2v) is 5.74. The van der Waals surface area contributed by atoms with Gasteiger partial charge in [-0.2, -0.15) is 5.10 Å². The highest BCUT2D eigenvalue weighted by Gasteiger charge is 2.15. The summed E-state index contributed by atoms with van der Waals surface area (Å²) in [5, 5.41) is 11.2. The monoisotopic (exact) mass is 349 g/mol. The molecule has 0 aliphatic heterocycles. The summed E-state index contributed by atoms with van der Waals surface area (Å²) in [6, 6.07) is 6.50. The first-order valence-electron chi connectivity index (χ1n) is 6.77. The molecule has 0 saturated carbocycles. The van der Waals surface area contributed by atoms with Gasteiger partial charge in [-0.15, -0.1) is 0 Å². The Morgan fingerprint density at radius 3 is 2.61 bits per heavy atom. The number of hydrogen-bond donors (Lipinski definition) is 2. The van der Waals surface area contributed by atoms with E-state index in [0.29, 0.717) is 32.5 Å². The number of fused-ring (bicyclic) bond motifs is 1. The molecule has 0 aliphatic rings. The number of carbonyl (C=O) groups is 1. The number of amides is 2. The van der Waals surface area contributed by atoms with Crippen LogP contribution in [0, 0.1) is 6.92 Å². The summed E-state index contributed by atoms with van der Waals surface area (Å²) in [4.78, 5) is 16.4. The minimum Gasteiger partial charge on any atom is -0.306 e. The molecule has 8 heteroatoms. The lowest BCUT2D eigenvalue weighted by molar-refractivity contribution is 0.262. The molecule has 2 amide bonds. The fourth-order valence-electron chi connectivity index (χ4n) is 2.29. The lowest BCUT2D eigenvalue weighted by Crippen LogP contribution is -2.20. The van der Waals surface area contributed by atoms with Gasteiger partial charge in [0, 0.05) is 7.05 Å². The lowest BCUT2D eigenvalue weighted by Gasteiger charge is -2.10. The summed E-state index contributed by atoms with van der Waals surface area (Å²) in [5.74, 6) is 0. The topological polar surface area (TPSA) is 71.8 Å². The molecule has 0 fully saturated rings. The molecule has 0 spiro atoms. The number of halogens is 2. The standard InChI is InChI=1S/C15H13Cl2N5O/c1-8-12-13(17)11(7-18-14(12)22(2)21-8)20-15(23)19-10-6-4-3-5-9(10)16/h3-7H,1-2H3,(H2,19,20,23). The van der Waals surface area contributed by atoms with Gasteiger partial charge in [-0.05, 0) is 19.1 Å². The summed E-state index contributed by atoms with van der Waals surface area (Å²) in [6.07, 6.45) is 1.50. The van der Waals surface area contributed by atoms with Gasteiger partial charge in [0.05, 0.1) is 38.7 Å². The zero-order valence-corrected chi connectivity index (χ0v) is 13.9. The zero-order valence-electron chi connectivity index (χ0n) is 12.4. The maximum atomic E-state index is 12.1. The first kappa shape index (κ1) is 15.6. The molecule has 0 radical (unpaired) electrons. The Bertz CT molecular complexity index is 906. The molecular weight excluding hydrogens is 337 g/mol. The highest BCUT2D eigenvalue weighted by molar-refractivity contribution is 6.38. The van der Waals surface area contributed by atoms with E-state index in [1.54, 1.807) is 36.0 Å². The van der Waals surface area contributed by atoms with Crippen molar-refractivity contribution in [3.05, 3.63) is 46.2 Å². The number of para-hydroxylation sites is 1. The van der Waals surface area contributed by atoms with Crippen LogP contribution in [-0.2, 0) is 7.05 Å². The SMILES string of the molecule is Cc1nn(C)c2ncc(NC(=O)Nc3ccccc3Cl)c(Cl)c12. The largest absolute Gasteiger partial charge is 0.323 e. The van der Waals surface area contributed by atoms with E-state index >= 15 is 0 Å². The molecule has 0 aliphatic carbocycles. The fraction of sp³-hybridized carbons (Fsp3) is 0.133. The minimum absolute atomic E-state index is 0.398. The summed E-state index contributed by atoms with van der Waals surface area (Å²) >= 11 is 12.4. The maximum Gasteiger partial charge on any atom is 0.323 e. The van der Waals surface area contributed by atoms with Crippen LogP contribution in [0.15, 0.2) is 30.5 Å². The van der Waals surface area contributed by atoms with Crippen LogP contribution in [0.3, 0.4) is 0 Å². The van der Waals surface area contributed by atoms with Gasteiger partial charge in [0.1, 0.15) is 0 Å². The minimum atomic E-state index is -0.456. The number of aryl methyl sites for hydroxylation is 2. The van der Waals surface area contributed by atoms with Crippen molar-refractivity contribution in [2.75, 3.05) is 10.6 Å². The summed E-state index contributed by atoms with van der Waals surface area (Å²) in [5.41, 5.74) is 2.31. The number of pyridine rings is 1. The fourth-order valence-corrected chi connectivity index (χ4v) is 2.79. The number of carbonyl (C=O) groups excluding carboxylic acids is 1. The Labute approximate surface area is 142 Å². The van der Waals surface area contributed by atoms with Gasteiger partial charge in [-0.3, -0.25) is 4.68 Å². The molecular formula is C15H13Cl2N5O. The van der Waals surface area contributed by atoms with Gasteiger partial charge in [-0.1, -0.05) is 35.3 Å².